The number of nitrogens with zero attached hydrogens (tertiary/aromatic N) is 2. The van der Waals surface area contributed by atoms with Crippen LogP contribution in [0.25, 0.3) is 11.1 Å². The number of ether oxygens (including phenoxy) is 1. The molecule has 2 aliphatic rings. The van der Waals surface area contributed by atoms with Crippen LogP contribution in [-0.2, 0) is 16.1 Å². The molecule has 0 aliphatic carbocycles. The molecule has 0 aromatic heterocycles. The van der Waals surface area contributed by atoms with Crippen LogP contribution in [0.4, 0.5) is 15.3 Å². The lowest BCUT2D eigenvalue weighted by molar-refractivity contribution is -0.117. The van der Waals surface area contributed by atoms with Crippen molar-refractivity contribution in [3.63, 3.8) is 0 Å². The first kappa shape index (κ1) is 27.4. The SMILES string of the molecule is CC(=O)N1c2ccc(-c3ccc(CNC4CCN(C(=O)O)CC4)cc3)cc2[C@@H](NC(=O)OC(C)C)C[C@H]1C. The summed E-state index contributed by atoms with van der Waals surface area (Å²) in [6, 6.07) is 14.4. The molecule has 2 heterocycles. The summed E-state index contributed by atoms with van der Waals surface area (Å²) in [7, 11) is 0. The van der Waals surface area contributed by atoms with Gasteiger partial charge in [-0.25, -0.2) is 9.59 Å². The minimum absolute atomic E-state index is 0.0276. The summed E-state index contributed by atoms with van der Waals surface area (Å²) in [5.41, 5.74) is 4.91. The standard InChI is InChI=1S/C29H38N4O5/c1-18(2)38-28(35)31-26-15-19(3)33(20(4)34)27-10-9-23(16-25(26)27)22-7-5-21(6-8-22)17-30-24-11-13-32(14-12-24)29(36)37/h5-10,16,18-19,24,26,30H,11-15,17H2,1-4H3,(H,31,35)(H,36,37)/t19-,26+/m1/s1. The van der Waals surface area contributed by atoms with Gasteiger partial charge in [0.15, 0.2) is 0 Å². The van der Waals surface area contributed by atoms with Crippen molar-refractivity contribution in [3.8, 4) is 11.1 Å². The molecule has 0 saturated carbocycles. The van der Waals surface area contributed by atoms with Gasteiger partial charge in [0.25, 0.3) is 0 Å². The monoisotopic (exact) mass is 522 g/mol. The molecule has 2 atom stereocenters. The van der Waals surface area contributed by atoms with Crippen LogP contribution in [0.2, 0.25) is 0 Å². The zero-order valence-electron chi connectivity index (χ0n) is 22.6. The Morgan fingerprint density at radius 3 is 2.32 bits per heavy atom. The Labute approximate surface area is 224 Å². The van der Waals surface area contributed by atoms with Gasteiger partial charge in [-0.15, -0.1) is 0 Å². The number of hydrogen-bond donors (Lipinski definition) is 3. The highest BCUT2D eigenvalue weighted by Gasteiger charge is 2.34. The summed E-state index contributed by atoms with van der Waals surface area (Å²) in [6.45, 7) is 9.03. The Kier molecular flexibility index (Phi) is 8.56. The number of nitrogens with one attached hydrogen (secondary N) is 2. The van der Waals surface area contributed by atoms with E-state index in [4.69, 9.17) is 9.84 Å². The molecule has 1 saturated heterocycles. The van der Waals surface area contributed by atoms with E-state index in [2.05, 4.69) is 41.0 Å². The number of alkyl carbamates (subject to hydrolysis) is 1. The Morgan fingerprint density at radius 2 is 1.71 bits per heavy atom. The van der Waals surface area contributed by atoms with Crippen molar-refractivity contribution in [3.05, 3.63) is 53.6 Å². The molecule has 2 aliphatic heterocycles. The molecule has 0 spiro atoms. The third kappa shape index (κ3) is 6.45. The van der Waals surface area contributed by atoms with Crippen molar-refractivity contribution in [1.29, 1.82) is 0 Å². The van der Waals surface area contributed by atoms with Gasteiger partial charge in [-0.05, 0) is 74.4 Å². The number of anilines is 1. The number of benzene rings is 2. The predicted molar refractivity (Wildman–Crippen MR) is 146 cm³/mol. The fraction of sp³-hybridized carbons (Fsp3) is 0.483. The van der Waals surface area contributed by atoms with Crippen LogP contribution in [0.15, 0.2) is 42.5 Å². The molecule has 4 rings (SSSR count). The fourth-order valence-electron chi connectivity index (χ4n) is 5.40. The first-order chi connectivity index (χ1) is 18.1. The van der Waals surface area contributed by atoms with Gasteiger partial charge in [0, 0.05) is 44.3 Å². The van der Waals surface area contributed by atoms with E-state index in [1.165, 1.54) is 4.90 Å². The van der Waals surface area contributed by atoms with Crippen LogP contribution in [0.5, 0.6) is 0 Å². The van der Waals surface area contributed by atoms with Crippen LogP contribution in [0, 0.1) is 0 Å². The molecule has 38 heavy (non-hydrogen) atoms. The van der Waals surface area contributed by atoms with E-state index in [1.807, 2.05) is 32.9 Å². The fourth-order valence-corrected chi connectivity index (χ4v) is 5.40. The Hall–Kier alpha value is -3.59. The molecule has 9 heteroatoms. The van der Waals surface area contributed by atoms with E-state index in [0.29, 0.717) is 25.6 Å². The maximum atomic E-state index is 12.4. The van der Waals surface area contributed by atoms with Gasteiger partial charge < -0.3 is 30.3 Å². The van der Waals surface area contributed by atoms with E-state index >= 15 is 0 Å². The van der Waals surface area contributed by atoms with Gasteiger partial charge in [0.2, 0.25) is 5.91 Å². The van der Waals surface area contributed by atoms with E-state index in [9.17, 15) is 14.4 Å². The van der Waals surface area contributed by atoms with Crippen molar-refractivity contribution in [1.82, 2.24) is 15.5 Å². The van der Waals surface area contributed by atoms with Crippen molar-refractivity contribution < 1.29 is 24.2 Å². The van der Waals surface area contributed by atoms with E-state index in [-0.39, 0.29) is 24.1 Å². The highest BCUT2D eigenvalue weighted by atomic mass is 16.6. The highest BCUT2D eigenvalue weighted by molar-refractivity contribution is 5.94. The lowest BCUT2D eigenvalue weighted by atomic mass is 9.89. The largest absolute Gasteiger partial charge is 0.465 e. The maximum absolute atomic E-state index is 12.4. The first-order valence-electron chi connectivity index (χ1n) is 13.3. The third-order valence-electron chi connectivity index (χ3n) is 7.30. The van der Waals surface area contributed by atoms with E-state index in [0.717, 1.165) is 47.3 Å². The average Bonchev–Trinajstić information content (AvgIpc) is 2.87. The third-order valence-corrected chi connectivity index (χ3v) is 7.30. The lowest BCUT2D eigenvalue weighted by Gasteiger charge is -2.39. The summed E-state index contributed by atoms with van der Waals surface area (Å²) in [5, 5.41) is 15.7. The molecule has 204 valence electrons. The topological polar surface area (TPSA) is 111 Å². The smallest absolute Gasteiger partial charge is 0.407 e. The normalized spacial score (nSPS) is 19.7. The molecule has 0 unspecified atom stereocenters. The molecular weight excluding hydrogens is 484 g/mol. The van der Waals surface area contributed by atoms with Crippen molar-refractivity contribution >= 4 is 23.8 Å². The first-order valence-corrected chi connectivity index (χ1v) is 13.3. The molecule has 9 nitrogen and oxygen atoms in total. The number of piperidine rings is 1. The molecule has 0 bridgehead atoms. The molecule has 2 aromatic carbocycles. The minimum Gasteiger partial charge on any atom is -0.465 e. The van der Waals surface area contributed by atoms with Gasteiger partial charge in [0.05, 0.1) is 12.1 Å². The number of fused-ring (bicyclic) bond motifs is 1. The zero-order valence-corrected chi connectivity index (χ0v) is 22.6. The van der Waals surface area contributed by atoms with Gasteiger partial charge >= 0.3 is 12.2 Å². The Balaban J connectivity index is 1.48. The molecule has 3 N–H and O–H groups in total. The second-order valence-corrected chi connectivity index (χ2v) is 10.5. The predicted octanol–water partition coefficient (Wildman–Crippen LogP) is 4.91. The number of amides is 3. The van der Waals surface area contributed by atoms with Crippen molar-refractivity contribution in [2.24, 2.45) is 0 Å². The van der Waals surface area contributed by atoms with Crippen LogP contribution in [0.3, 0.4) is 0 Å². The summed E-state index contributed by atoms with van der Waals surface area (Å²) >= 11 is 0. The number of likely N-dealkylation sites (tertiary alicyclic amines) is 1. The van der Waals surface area contributed by atoms with Gasteiger partial charge in [0.1, 0.15) is 0 Å². The van der Waals surface area contributed by atoms with Crippen LogP contribution < -0.4 is 15.5 Å². The summed E-state index contributed by atoms with van der Waals surface area (Å²) < 4.78 is 5.32. The lowest BCUT2D eigenvalue weighted by Crippen LogP contribution is -2.45. The number of carbonyl (C=O) groups excluding carboxylic acids is 2. The van der Waals surface area contributed by atoms with Gasteiger partial charge in [-0.3, -0.25) is 4.79 Å². The number of carboxylic acid groups (broad SMARTS) is 1. The van der Waals surface area contributed by atoms with Crippen molar-refractivity contribution in [2.45, 2.75) is 77.7 Å². The van der Waals surface area contributed by atoms with Gasteiger partial charge in [-0.1, -0.05) is 30.3 Å². The molecule has 1 fully saturated rings. The second-order valence-electron chi connectivity index (χ2n) is 10.5. The number of hydrogen-bond acceptors (Lipinski definition) is 5. The van der Waals surface area contributed by atoms with Crippen LogP contribution in [-0.4, -0.2) is 59.4 Å². The van der Waals surface area contributed by atoms with Crippen LogP contribution in [0.1, 0.15) is 64.1 Å². The molecule has 3 amide bonds. The molecule has 0 radical (unpaired) electrons. The number of carbonyl (C=O) groups is 3. The Morgan fingerprint density at radius 1 is 1.05 bits per heavy atom. The van der Waals surface area contributed by atoms with E-state index < -0.39 is 12.2 Å². The highest BCUT2D eigenvalue weighted by Crippen LogP contribution is 2.39. The Bertz CT molecular complexity index is 1160. The second kappa shape index (κ2) is 11.9. The maximum Gasteiger partial charge on any atom is 0.407 e. The van der Waals surface area contributed by atoms with Crippen LogP contribution >= 0.6 is 0 Å². The summed E-state index contributed by atoms with van der Waals surface area (Å²) in [4.78, 5) is 39.2. The zero-order chi connectivity index (χ0) is 27.4. The molecule has 2 aromatic rings. The van der Waals surface area contributed by atoms with Crippen molar-refractivity contribution in [2.75, 3.05) is 18.0 Å². The van der Waals surface area contributed by atoms with Gasteiger partial charge in [-0.2, -0.15) is 0 Å². The summed E-state index contributed by atoms with van der Waals surface area (Å²) in [6.07, 6.45) is 0.697. The summed E-state index contributed by atoms with van der Waals surface area (Å²) in [5.74, 6) is -0.0276. The molecular formula is C29H38N4O5. The number of rotatable bonds is 6. The quantitative estimate of drug-likeness (QED) is 0.497. The average molecular weight is 523 g/mol. The van der Waals surface area contributed by atoms with E-state index in [1.54, 1.807) is 11.8 Å². The minimum atomic E-state index is -0.845.